The summed E-state index contributed by atoms with van der Waals surface area (Å²) in [5, 5.41) is 1.80. The van der Waals surface area contributed by atoms with Crippen molar-refractivity contribution in [3.63, 3.8) is 0 Å². The van der Waals surface area contributed by atoms with Crippen molar-refractivity contribution in [3.8, 4) is 11.5 Å². The minimum Gasteiger partial charge on any atom is -0.422 e. The lowest BCUT2D eigenvalue weighted by Gasteiger charge is -2.14. The molecule has 0 radical (unpaired) electrons. The number of nitrogens with two attached hydrogens (primary N) is 1. The van der Waals surface area contributed by atoms with E-state index in [4.69, 9.17) is 15.2 Å². The fourth-order valence-electron chi connectivity index (χ4n) is 2.24. The van der Waals surface area contributed by atoms with E-state index in [-0.39, 0.29) is 35.3 Å². The number of benzene rings is 2. The SMILES string of the molecule is CC(C)C(=O)Oc1cc2ccc(CCN)cc2cc1OC(=O)C(C)C. The molecule has 0 aliphatic carbocycles. The summed E-state index contributed by atoms with van der Waals surface area (Å²) in [5.41, 5.74) is 6.71. The highest BCUT2D eigenvalue weighted by Crippen LogP contribution is 2.34. The van der Waals surface area contributed by atoms with Crippen LogP contribution in [-0.2, 0) is 16.0 Å². The van der Waals surface area contributed by atoms with Crippen LogP contribution in [-0.4, -0.2) is 18.5 Å². The Labute approximate surface area is 148 Å². The highest BCUT2D eigenvalue weighted by molar-refractivity contribution is 5.89. The van der Waals surface area contributed by atoms with E-state index in [9.17, 15) is 9.59 Å². The summed E-state index contributed by atoms with van der Waals surface area (Å²) in [5.74, 6) is -0.804. The number of carbonyl (C=O) groups is 2. The fraction of sp³-hybridized carbons (Fsp3) is 0.400. The zero-order valence-corrected chi connectivity index (χ0v) is 15.2. The lowest BCUT2D eigenvalue weighted by Crippen LogP contribution is -2.18. The first-order chi connectivity index (χ1) is 11.8. The van der Waals surface area contributed by atoms with E-state index in [2.05, 4.69) is 0 Å². The van der Waals surface area contributed by atoms with Gasteiger partial charge in [0.2, 0.25) is 0 Å². The number of carbonyl (C=O) groups excluding carboxylic acids is 2. The molecule has 0 aliphatic rings. The van der Waals surface area contributed by atoms with Crippen LogP contribution >= 0.6 is 0 Å². The van der Waals surface area contributed by atoms with Gasteiger partial charge in [-0.2, -0.15) is 0 Å². The van der Waals surface area contributed by atoms with Crippen LogP contribution in [0, 0.1) is 11.8 Å². The molecule has 0 spiro atoms. The van der Waals surface area contributed by atoms with Crippen LogP contribution in [0.2, 0.25) is 0 Å². The molecule has 2 aromatic carbocycles. The summed E-state index contributed by atoms with van der Waals surface area (Å²) in [6.45, 7) is 7.57. The van der Waals surface area contributed by atoms with Gasteiger partial charge in [-0.1, -0.05) is 45.9 Å². The largest absolute Gasteiger partial charge is 0.422 e. The molecule has 0 aliphatic heterocycles. The summed E-state index contributed by atoms with van der Waals surface area (Å²) in [6.07, 6.45) is 0.765. The average molecular weight is 343 g/mol. The van der Waals surface area contributed by atoms with Crippen molar-refractivity contribution in [1.29, 1.82) is 0 Å². The van der Waals surface area contributed by atoms with Crippen molar-refractivity contribution in [1.82, 2.24) is 0 Å². The Bertz CT molecular complexity index is 781. The summed E-state index contributed by atoms with van der Waals surface area (Å²) < 4.78 is 10.9. The Morgan fingerprint density at radius 3 is 1.88 bits per heavy atom. The van der Waals surface area contributed by atoms with Crippen LogP contribution < -0.4 is 15.2 Å². The molecule has 0 fully saturated rings. The molecule has 5 heteroatoms. The van der Waals surface area contributed by atoms with Crippen LogP contribution in [0.3, 0.4) is 0 Å². The number of rotatable bonds is 6. The lowest BCUT2D eigenvalue weighted by atomic mass is 10.0. The molecule has 0 amide bonds. The average Bonchev–Trinajstić information content (AvgIpc) is 2.55. The van der Waals surface area contributed by atoms with Gasteiger partial charge >= 0.3 is 11.9 Å². The summed E-state index contributed by atoms with van der Waals surface area (Å²) in [7, 11) is 0. The van der Waals surface area contributed by atoms with E-state index >= 15 is 0 Å². The number of hydrogen-bond donors (Lipinski definition) is 1. The van der Waals surface area contributed by atoms with E-state index in [1.807, 2.05) is 18.2 Å². The normalized spacial score (nSPS) is 11.2. The van der Waals surface area contributed by atoms with Crippen molar-refractivity contribution >= 4 is 22.7 Å². The minimum absolute atomic E-state index is 0.255. The molecule has 25 heavy (non-hydrogen) atoms. The van der Waals surface area contributed by atoms with Gasteiger partial charge < -0.3 is 15.2 Å². The van der Waals surface area contributed by atoms with Crippen LogP contribution in [0.4, 0.5) is 0 Å². The van der Waals surface area contributed by atoms with E-state index < -0.39 is 0 Å². The first-order valence-corrected chi connectivity index (χ1v) is 8.52. The molecule has 0 bridgehead atoms. The van der Waals surface area contributed by atoms with Crippen LogP contribution in [0.15, 0.2) is 30.3 Å². The van der Waals surface area contributed by atoms with Crippen molar-refractivity contribution in [2.75, 3.05) is 6.54 Å². The second-order valence-corrected chi connectivity index (χ2v) is 6.67. The molecule has 0 aromatic heterocycles. The second kappa shape index (κ2) is 8.12. The van der Waals surface area contributed by atoms with E-state index in [0.717, 1.165) is 22.8 Å². The minimum atomic E-state index is -0.376. The molecular weight excluding hydrogens is 318 g/mol. The highest BCUT2D eigenvalue weighted by atomic mass is 16.6. The van der Waals surface area contributed by atoms with Crippen molar-refractivity contribution < 1.29 is 19.1 Å². The van der Waals surface area contributed by atoms with Crippen LogP contribution in [0.5, 0.6) is 11.5 Å². The third kappa shape index (κ3) is 4.79. The zero-order valence-electron chi connectivity index (χ0n) is 15.2. The number of esters is 2. The van der Waals surface area contributed by atoms with E-state index in [1.54, 1.807) is 39.8 Å². The third-order valence-corrected chi connectivity index (χ3v) is 3.76. The van der Waals surface area contributed by atoms with Gasteiger partial charge in [0, 0.05) is 0 Å². The smallest absolute Gasteiger partial charge is 0.313 e. The Morgan fingerprint density at radius 2 is 1.40 bits per heavy atom. The number of ether oxygens (including phenoxy) is 2. The monoisotopic (exact) mass is 343 g/mol. The topological polar surface area (TPSA) is 78.6 Å². The first-order valence-electron chi connectivity index (χ1n) is 8.52. The first kappa shape index (κ1) is 18.9. The van der Waals surface area contributed by atoms with Gasteiger partial charge in [0.25, 0.3) is 0 Å². The molecule has 134 valence electrons. The third-order valence-electron chi connectivity index (χ3n) is 3.76. The summed E-state index contributed by atoms with van der Waals surface area (Å²) >= 11 is 0. The Hall–Kier alpha value is -2.40. The van der Waals surface area contributed by atoms with Crippen molar-refractivity contribution in [2.45, 2.75) is 34.1 Å². The number of fused-ring (bicyclic) bond motifs is 1. The second-order valence-electron chi connectivity index (χ2n) is 6.67. The maximum Gasteiger partial charge on any atom is 0.313 e. The Kier molecular flexibility index (Phi) is 6.15. The molecule has 0 unspecified atom stereocenters. The predicted molar refractivity (Wildman–Crippen MR) is 97.7 cm³/mol. The van der Waals surface area contributed by atoms with Crippen molar-refractivity contribution in [3.05, 3.63) is 35.9 Å². The molecule has 2 N–H and O–H groups in total. The molecule has 0 heterocycles. The molecule has 5 nitrogen and oxygen atoms in total. The standard InChI is InChI=1S/C20H25NO4/c1-12(2)19(22)24-17-10-15-6-5-14(7-8-21)9-16(15)11-18(17)25-20(23)13(3)4/h5-6,9-13H,7-8,21H2,1-4H3. The van der Waals surface area contributed by atoms with E-state index in [0.29, 0.717) is 6.54 Å². The van der Waals surface area contributed by atoms with Gasteiger partial charge in [-0.15, -0.1) is 0 Å². The molecule has 2 aromatic rings. The maximum absolute atomic E-state index is 12.0. The van der Waals surface area contributed by atoms with Gasteiger partial charge in [-0.3, -0.25) is 9.59 Å². The van der Waals surface area contributed by atoms with Gasteiger partial charge in [0.1, 0.15) is 0 Å². The molecule has 0 saturated heterocycles. The lowest BCUT2D eigenvalue weighted by molar-refractivity contribution is -0.140. The quantitative estimate of drug-likeness (QED) is 0.642. The predicted octanol–water partition coefficient (Wildman–Crippen LogP) is 3.46. The van der Waals surface area contributed by atoms with Gasteiger partial charge in [0.05, 0.1) is 11.8 Å². The molecule has 2 rings (SSSR count). The zero-order chi connectivity index (χ0) is 18.6. The molecular formula is C20H25NO4. The maximum atomic E-state index is 12.0. The molecule has 0 saturated carbocycles. The highest BCUT2D eigenvalue weighted by Gasteiger charge is 2.18. The van der Waals surface area contributed by atoms with Crippen molar-refractivity contribution in [2.24, 2.45) is 17.6 Å². The Balaban J connectivity index is 2.48. The summed E-state index contributed by atoms with van der Waals surface area (Å²) in [4.78, 5) is 24.0. The van der Waals surface area contributed by atoms with Gasteiger partial charge in [0.15, 0.2) is 11.5 Å². The molecule has 0 atom stereocenters. The summed E-state index contributed by atoms with van der Waals surface area (Å²) in [6, 6.07) is 9.40. The van der Waals surface area contributed by atoms with Gasteiger partial charge in [-0.05, 0) is 41.4 Å². The fourth-order valence-corrected chi connectivity index (χ4v) is 2.24. The van der Waals surface area contributed by atoms with E-state index in [1.165, 1.54) is 0 Å². The van der Waals surface area contributed by atoms with Crippen LogP contribution in [0.25, 0.3) is 10.8 Å². The Morgan fingerprint density at radius 1 is 0.880 bits per heavy atom. The van der Waals surface area contributed by atoms with Crippen LogP contribution in [0.1, 0.15) is 33.3 Å². The van der Waals surface area contributed by atoms with Gasteiger partial charge in [-0.25, -0.2) is 0 Å². The number of hydrogen-bond acceptors (Lipinski definition) is 5.